The standard InChI is InChI=1S/C14H25NO3/c16-13(17)14(7-6-10-18-12-14)11-15-8-4-2-1-3-5-9-15/h1-12H2,(H,16,17). The third-order valence-corrected chi connectivity index (χ3v) is 4.25. The number of rotatable bonds is 3. The third-order valence-electron chi connectivity index (χ3n) is 4.25. The molecule has 1 unspecified atom stereocenters. The van der Waals surface area contributed by atoms with Crippen LogP contribution in [-0.2, 0) is 9.53 Å². The summed E-state index contributed by atoms with van der Waals surface area (Å²) in [6.07, 6.45) is 7.95. The maximum atomic E-state index is 11.6. The highest BCUT2D eigenvalue weighted by Crippen LogP contribution is 2.30. The molecule has 0 aromatic carbocycles. The smallest absolute Gasteiger partial charge is 0.313 e. The van der Waals surface area contributed by atoms with Crippen LogP contribution in [0.5, 0.6) is 0 Å². The fourth-order valence-electron chi connectivity index (χ4n) is 3.11. The fourth-order valence-corrected chi connectivity index (χ4v) is 3.11. The molecular weight excluding hydrogens is 230 g/mol. The molecule has 104 valence electrons. The minimum absolute atomic E-state index is 0.388. The Morgan fingerprint density at radius 2 is 1.78 bits per heavy atom. The van der Waals surface area contributed by atoms with Crippen LogP contribution in [0.2, 0.25) is 0 Å². The fraction of sp³-hybridized carbons (Fsp3) is 0.929. The number of carboxylic acid groups (broad SMARTS) is 1. The molecule has 2 rings (SSSR count). The van der Waals surface area contributed by atoms with Gasteiger partial charge in [0.25, 0.3) is 0 Å². The molecule has 0 aromatic rings. The normalized spacial score (nSPS) is 31.6. The Bertz CT molecular complexity index is 266. The Kier molecular flexibility index (Phi) is 5.01. The molecule has 1 N–H and O–H groups in total. The number of aliphatic carboxylic acids is 1. The SMILES string of the molecule is O=C(O)C1(CN2CCCCCCC2)CCCOC1. The van der Waals surface area contributed by atoms with E-state index >= 15 is 0 Å². The second-order valence-corrected chi connectivity index (χ2v) is 5.79. The van der Waals surface area contributed by atoms with Gasteiger partial charge in [-0.15, -0.1) is 0 Å². The molecule has 0 bridgehead atoms. The van der Waals surface area contributed by atoms with Gasteiger partial charge in [-0.05, 0) is 38.8 Å². The number of nitrogens with zero attached hydrogens (tertiary/aromatic N) is 1. The van der Waals surface area contributed by atoms with Crippen LogP contribution in [-0.4, -0.2) is 48.8 Å². The van der Waals surface area contributed by atoms with Crippen LogP contribution >= 0.6 is 0 Å². The average Bonchev–Trinajstić information content (AvgIpc) is 2.33. The van der Waals surface area contributed by atoms with E-state index < -0.39 is 11.4 Å². The Hall–Kier alpha value is -0.610. The van der Waals surface area contributed by atoms with Gasteiger partial charge in [0.2, 0.25) is 0 Å². The highest BCUT2D eigenvalue weighted by molar-refractivity contribution is 5.75. The molecular formula is C14H25NO3. The van der Waals surface area contributed by atoms with Crippen molar-refractivity contribution in [3.05, 3.63) is 0 Å². The Morgan fingerprint density at radius 3 is 2.33 bits per heavy atom. The van der Waals surface area contributed by atoms with Gasteiger partial charge in [-0.2, -0.15) is 0 Å². The summed E-state index contributed by atoms with van der Waals surface area (Å²) in [5.74, 6) is -0.677. The van der Waals surface area contributed by atoms with Gasteiger partial charge >= 0.3 is 5.97 Å². The molecule has 2 aliphatic rings. The average molecular weight is 255 g/mol. The van der Waals surface area contributed by atoms with Crippen LogP contribution in [0, 0.1) is 5.41 Å². The van der Waals surface area contributed by atoms with Gasteiger partial charge in [-0.25, -0.2) is 0 Å². The summed E-state index contributed by atoms with van der Waals surface area (Å²) < 4.78 is 5.44. The van der Waals surface area contributed by atoms with Crippen molar-refractivity contribution >= 4 is 5.97 Å². The van der Waals surface area contributed by atoms with Gasteiger partial charge in [0.15, 0.2) is 0 Å². The summed E-state index contributed by atoms with van der Waals surface area (Å²) in [5.41, 5.74) is -0.655. The molecule has 1 atom stereocenters. The Morgan fingerprint density at radius 1 is 1.11 bits per heavy atom. The third kappa shape index (κ3) is 3.45. The maximum Gasteiger partial charge on any atom is 0.313 e. The van der Waals surface area contributed by atoms with E-state index in [1.807, 2.05) is 0 Å². The first-order chi connectivity index (χ1) is 8.73. The zero-order valence-corrected chi connectivity index (χ0v) is 11.2. The summed E-state index contributed by atoms with van der Waals surface area (Å²) in [6.45, 7) is 3.88. The second-order valence-electron chi connectivity index (χ2n) is 5.79. The topological polar surface area (TPSA) is 49.8 Å². The van der Waals surface area contributed by atoms with Gasteiger partial charge in [-0.1, -0.05) is 19.3 Å². The summed E-state index contributed by atoms with van der Waals surface area (Å²) >= 11 is 0. The first-order valence-corrected chi connectivity index (χ1v) is 7.26. The van der Waals surface area contributed by atoms with E-state index in [0.29, 0.717) is 13.2 Å². The lowest BCUT2D eigenvalue weighted by Crippen LogP contribution is -2.49. The highest BCUT2D eigenvalue weighted by Gasteiger charge is 2.41. The molecule has 2 aliphatic heterocycles. The highest BCUT2D eigenvalue weighted by atomic mass is 16.5. The molecule has 0 amide bonds. The lowest BCUT2D eigenvalue weighted by Gasteiger charge is -2.38. The molecule has 2 fully saturated rings. The summed E-state index contributed by atoms with van der Waals surface area (Å²) in [5, 5.41) is 9.54. The molecule has 0 radical (unpaired) electrons. The van der Waals surface area contributed by atoms with Crippen molar-refractivity contribution in [2.75, 3.05) is 32.8 Å². The Balaban J connectivity index is 1.96. The lowest BCUT2D eigenvalue weighted by atomic mass is 9.81. The minimum Gasteiger partial charge on any atom is -0.481 e. The second kappa shape index (κ2) is 6.53. The van der Waals surface area contributed by atoms with E-state index in [1.54, 1.807) is 0 Å². The van der Waals surface area contributed by atoms with Crippen molar-refractivity contribution in [2.24, 2.45) is 5.41 Å². The maximum absolute atomic E-state index is 11.6. The van der Waals surface area contributed by atoms with E-state index in [4.69, 9.17) is 4.74 Å². The zero-order chi connectivity index (χ0) is 12.8. The van der Waals surface area contributed by atoms with E-state index in [0.717, 1.165) is 32.5 Å². The van der Waals surface area contributed by atoms with Crippen molar-refractivity contribution in [3.8, 4) is 0 Å². The van der Waals surface area contributed by atoms with Crippen LogP contribution < -0.4 is 0 Å². The molecule has 0 saturated carbocycles. The summed E-state index contributed by atoms with van der Waals surface area (Å²) in [6, 6.07) is 0. The van der Waals surface area contributed by atoms with Gasteiger partial charge in [-0.3, -0.25) is 4.79 Å². The molecule has 0 spiro atoms. The van der Waals surface area contributed by atoms with E-state index in [-0.39, 0.29) is 0 Å². The van der Waals surface area contributed by atoms with Crippen LogP contribution in [0.1, 0.15) is 44.9 Å². The number of carbonyl (C=O) groups is 1. The molecule has 0 aromatic heterocycles. The van der Waals surface area contributed by atoms with Gasteiger partial charge in [0.05, 0.1) is 6.61 Å². The number of likely N-dealkylation sites (tertiary alicyclic amines) is 1. The predicted octanol–water partition coefficient (Wildman–Crippen LogP) is 2.13. The minimum atomic E-state index is -0.677. The van der Waals surface area contributed by atoms with E-state index in [2.05, 4.69) is 4.90 Å². The van der Waals surface area contributed by atoms with Crippen molar-refractivity contribution < 1.29 is 14.6 Å². The van der Waals surface area contributed by atoms with Crippen molar-refractivity contribution in [1.29, 1.82) is 0 Å². The van der Waals surface area contributed by atoms with Gasteiger partial charge < -0.3 is 14.7 Å². The van der Waals surface area contributed by atoms with Crippen LogP contribution in [0.25, 0.3) is 0 Å². The molecule has 0 aliphatic carbocycles. The molecule has 18 heavy (non-hydrogen) atoms. The van der Waals surface area contributed by atoms with Crippen LogP contribution in [0.4, 0.5) is 0 Å². The summed E-state index contributed by atoms with van der Waals surface area (Å²) in [7, 11) is 0. The van der Waals surface area contributed by atoms with E-state index in [1.165, 1.54) is 32.1 Å². The van der Waals surface area contributed by atoms with Crippen molar-refractivity contribution in [3.63, 3.8) is 0 Å². The van der Waals surface area contributed by atoms with E-state index in [9.17, 15) is 9.90 Å². The molecule has 2 saturated heterocycles. The molecule has 2 heterocycles. The molecule has 4 heteroatoms. The van der Waals surface area contributed by atoms with Crippen LogP contribution in [0.15, 0.2) is 0 Å². The van der Waals surface area contributed by atoms with Gasteiger partial charge in [0.1, 0.15) is 5.41 Å². The largest absolute Gasteiger partial charge is 0.481 e. The molecule has 4 nitrogen and oxygen atoms in total. The zero-order valence-electron chi connectivity index (χ0n) is 11.2. The predicted molar refractivity (Wildman–Crippen MR) is 69.6 cm³/mol. The number of hydrogen-bond acceptors (Lipinski definition) is 3. The number of ether oxygens (including phenoxy) is 1. The quantitative estimate of drug-likeness (QED) is 0.839. The first-order valence-electron chi connectivity index (χ1n) is 7.26. The lowest BCUT2D eigenvalue weighted by molar-refractivity contribution is -0.159. The van der Waals surface area contributed by atoms with Gasteiger partial charge in [0, 0.05) is 13.2 Å². The monoisotopic (exact) mass is 255 g/mol. The summed E-state index contributed by atoms with van der Waals surface area (Å²) in [4.78, 5) is 13.9. The first kappa shape index (κ1) is 13.8. The number of carboxylic acids is 1. The number of hydrogen-bond donors (Lipinski definition) is 1. The Labute approximate surface area is 109 Å². The van der Waals surface area contributed by atoms with Crippen molar-refractivity contribution in [1.82, 2.24) is 4.90 Å². The van der Waals surface area contributed by atoms with Crippen LogP contribution in [0.3, 0.4) is 0 Å². The van der Waals surface area contributed by atoms with Crippen molar-refractivity contribution in [2.45, 2.75) is 44.9 Å².